The lowest BCUT2D eigenvalue weighted by atomic mass is 10.2. The fourth-order valence-corrected chi connectivity index (χ4v) is 2.37. The average Bonchev–Trinajstić information content (AvgIpc) is 2.72. The number of hydrogen-bond donors (Lipinski definition) is 1. The van der Waals surface area contributed by atoms with E-state index in [2.05, 4.69) is 5.32 Å². The van der Waals surface area contributed by atoms with E-state index in [1.54, 1.807) is 6.92 Å². The molecule has 4 amide bonds. The molecule has 7 heteroatoms. The van der Waals surface area contributed by atoms with Crippen LogP contribution in [0.15, 0.2) is 24.3 Å². The van der Waals surface area contributed by atoms with Crippen LogP contribution in [0, 0.1) is 5.82 Å². The predicted molar refractivity (Wildman–Crippen MR) is 83.3 cm³/mol. The molecule has 0 bridgehead atoms. The Bertz CT molecular complexity index is 618. The molecule has 1 heterocycles. The Morgan fingerprint density at radius 1 is 1.30 bits per heavy atom. The Balaban J connectivity index is 2.14. The van der Waals surface area contributed by atoms with E-state index in [9.17, 15) is 18.8 Å². The zero-order valence-corrected chi connectivity index (χ0v) is 13.4. The summed E-state index contributed by atoms with van der Waals surface area (Å²) in [7, 11) is 0. The number of amides is 4. The first kappa shape index (κ1) is 16.9. The van der Waals surface area contributed by atoms with Crippen molar-refractivity contribution in [2.45, 2.75) is 39.3 Å². The SMILES string of the molecule is CC[C@H](C)NC(=O)CN1C(=O)[C@H](C)N(c2ccc(F)cc2)C1=O. The Morgan fingerprint density at radius 3 is 2.48 bits per heavy atom. The Hall–Kier alpha value is -2.44. The number of rotatable bonds is 5. The fourth-order valence-electron chi connectivity index (χ4n) is 2.37. The Labute approximate surface area is 134 Å². The first-order chi connectivity index (χ1) is 10.8. The number of nitrogens with zero attached hydrogens (tertiary/aromatic N) is 2. The topological polar surface area (TPSA) is 69.7 Å². The minimum absolute atomic E-state index is 0.0269. The van der Waals surface area contributed by atoms with Gasteiger partial charge < -0.3 is 5.32 Å². The van der Waals surface area contributed by atoms with E-state index in [-0.39, 0.29) is 18.5 Å². The van der Waals surface area contributed by atoms with Crippen LogP contribution in [0.5, 0.6) is 0 Å². The highest BCUT2D eigenvalue weighted by Crippen LogP contribution is 2.25. The molecule has 1 aromatic carbocycles. The number of hydrogen-bond acceptors (Lipinski definition) is 3. The third-order valence-corrected chi connectivity index (χ3v) is 3.87. The van der Waals surface area contributed by atoms with E-state index in [0.717, 1.165) is 11.3 Å². The number of benzene rings is 1. The quantitative estimate of drug-likeness (QED) is 0.842. The molecule has 1 aliphatic rings. The summed E-state index contributed by atoms with van der Waals surface area (Å²) in [4.78, 5) is 38.8. The minimum atomic E-state index is -0.732. The Kier molecular flexibility index (Phi) is 4.98. The van der Waals surface area contributed by atoms with E-state index in [4.69, 9.17) is 0 Å². The fraction of sp³-hybridized carbons (Fsp3) is 0.438. The molecule has 0 unspecified atom stereocenters. The lowest BCUT2D eigenvalue weighted by Gasteiger charge is -2.19. The summed E-state index contributed by atoms with van der Waals surface area (Å²) in [5, 5.41) is 2.72. The Morgan fingerprint density at radius 2 is 1.91 bits per heavy atom. The molecule has 2 atom stereocenters. The number of imide groups is 1. The van der Waals surface area contributed by atoms with Gasteiger partial charge in [0.1, 0.15) is 18.4 Å². The lowest BCUT2D eigenvalue weighted by molar-refractivity contribution is -0.132. The maximum Gasteiger partial charge on any atom is 0.332 e. The molecule has 0 aromatic heterocycles. The molecule has 0 aliphatic carbocycles. The highest BCUT2D eigenvalue weighted by atomic mass is 19.1. The van der Waals surface area contributed by atoms with Gasteiger partial charge in [-0.3, -0.25) is 19.4 Å². The predicted octanol–water partition coefficient (Wildman–Crippen LogP) is 1.90. The van der Waals surface area contributed by atoms with Gasteiger partial charge in [-0.1, -0.05) is 6.92 Å². The van der Waals surface area contributed by atoms with Crippen LogP contribution in [0.4, 0.5) is 14.9 Å². The summed E-state index contributed by atoms with van der Waals surface area (Å²) in [6.07, 6.45) is 0.756. The van der Waals surface area contributed by atoms with Crippen molar-refractivity contribution in [2.75, 3.05) is 11.4 Å². The molecular weight excluding hydrogens is 301 g/mol. The summed E-state index contributed by atoms with van der Waals surface area (Å²) < 4.78 is 13.0. The molecule has 124 valence electrons. The molecule has 1 N–H and O–H groups in total. The minimum Gasteiger partial charge on any atom is -0.352 e. The third kappa shape index (κ3) is 3.49. The van der Waals surface area contributed by atoms with Gasteiger partial charge in [-0.15, -0.1) is 0 Å². The first-order valence-electron chi connectivity index (χ1n) is 7.54. The van der Waals surface area contributed by atoms with Crippen molar-refractivity contribution in [1.82, 2.24) is 10.2 Å². The van der Waals surface area contributed by atoms with Crippen molar-refractivity contribution in [3.05, 3.63) is 30.1 Å². The van der Waals surface area contributed by atoms with Crippen LogP contribution in [0.2, 0.25) is 0 Å². The van der Waals surface area contributed by atoms with E-state index in [0.29, 0.717) is 5.69 Å². The van der Waals surface area contributed by atoms with Gasteiger partial charge in [0, 0.05) is 11.7 Å². The van der Waals surface area contributed by atoms with Crippen molar-refractivity contribution >= 4 is 23.5 Å². The smallest absolute Gasteiger partial charge is 0.332 e. The normalized spacial score (nSPS) is 19.2. The summed E-state index contributed by atoms with van der Waals surface area (Å²) in [6.45, 7) is 5.04. The highest BCUT2D eigenvalue weighted by molar-refractivity contribution is 6.15. The van der Waals surface area contributed by atoms with Gasteiger partial charge in [-0.05, 0) is 44.5 Å². The van der Waals surface area contributed by atoms with Crippen molar-refractivity contribution < 1.29 is 18.8 Å². The maximum atomic E-state index is 13.0. The number of anilines is 1. The average molecular weight is 321 g/mol. The summed E-state index contributed by atoms with van der Waals surface area (Å²) in [5.41, 5.74) is 0.419. The van der Waals surface area contributed by atoms with Gasteiger partial charge in [0.2, 0.25) is 5.91 Å². The van der Waals surface area contributed by atoms with Crippen molar-refractivity contribution in [3.63, 3.8) is 0 Å². The van der Waals surface area contributed by atoms with Crippen molar-refractivity contribution in [1.29, 1.82) is 0 Å². The molecule has 23 heavy (non-hydrogen) atoms. The van der Waals surface area contributed by atoms with Gasteiger partial charge in [0.05, 0.1) is 0 Å². The standard InChI is InChI=1S/C16H20FN3O3/c1-4-10(2)18-14(21)9-19-15(22)11(3)20(16(19)23)13-7-5-12(17)6-8-13/h5-8,10-11H,4,9H2,1-3H3,(H,18,21)/t10-,11-/m0/s1. The molecule has 6 nitrogen and oxygen atoms in total. The summed E-state index contributed by atoms with van der Waals surface area (Å²) in [6, 6.07) is 3.97. The van der Waals surface area contributed by atoms with E-state index in [1.807, 2.05) is 13.8 Å². The van der Waals surface area contributed by atoms with E-state index >= 15 is 0 Å². The second-order valence-corrected chi connectivity index (χ2v) is 5.61. The molecule has 0 radical (unpaired) electrons. The maximum absolute atomic E-state index is 13.0. The second kappa shape index (κ2) is 6.76. The van der Waals surface area contributed by atoms with Crippen LogP contribution in [-0.2, 0) is 9.59 Å². The van der Waals surface area contributed by atoms with Gasteiger partial charge in [-0.25, -0.2) is 9.18 Å². The van der Waals surface area contributed by atoms with E-state index in [1.165, 1.54) is 29.2 Å². The van der Waals surface area contributed by atoms with Crippen molar-refractivity contribution in [3.8, 4) is 0 Å². The number of carbonyl (C=O) groups is 3. The van der Waals surface area contributed by atoms with Crippen LogP contribution in [0.25, 0.3) is 0 Å². The van der Waals surface area contributed by atoms with E-state index < -0.39 is 23.8 Å². The molecule has 2 rings (SSSR count). The largest absolute Gasteiger partial charge is 0.352 e. The number of halogens is 1. The van der Waals surface area contributed by atoms with Crippen molar-refractivity contribution in [2.24, 2.45) is 0 Å². The summed E-state index contributed by atoms with van der Waals surface area (Å²) >= 11 is 0. The zero-order chi connectivity index (χ0) is 17.1. The molecule has 1 fully saturated rings. The van der Waals surface area contributed by atoms with Crippen LogP contribution in [-0.4, -0.2) is 41.4 Å². The molecule has 0 spiro atoms. The third-order valence-electron chi connectivity index (χ3n) is 3.87. The molecule has 1 saturated heterocycles. The monoisotopic (exact) mass is 321 g/mol. The molecule has 1 aromatic rings. The highest BCUT2D eigenvalue weighted by Gasteiger charge is 2.44. The van der Waals surface area contributed by atoms with Crippen LogP contribution in [0.1, 0.15) is 27.2 Å². The first-order valence-corrected chi connectivity index (χ1v) is 7.54. The zero-order valence-electron chi connectivity index (χ0n) is 13.4. The number of carbonyl (C=O) groups excluding carboxylic acids is 3. The summed E-state index contributed by atoms with van der Waals surface area (Å²) in [5.74, 6) is -1.25. The molecular formula is C16H20FN3O3. The van der Waals surface area contributed by atoms with Gasteiger partial charge in [0.25, 0.3) is 5.91 Å². The second-order valence-electron chi connectivity index (χ2n) is 5.61. The van der Waals surface area contributed by atoms with Crippen LogP contribution in [0.3, 0.4) is 0 Å². The molecule has 1 aliphatic heterocycles. The van der Waals surface area contributed by atoms with Gasteiger partial charge in [0.15, 0.2) is 0 Å². The van der Waals surface area contributed by atoms with Crippen LogP contribution >= 0.6 is 0 Å². The van der Waals surface area contributed by atoms with Gasteiger partial charge in [-0.2, -0.15) is 0 Å². The lowest BCUT2D eigenvalue weighted by Crippen LogP contribution is -2.43. The number of urea groups is 1. The van der Waals surface area contributed by atoms with Gasteiger partial charge >= 0.3 is 6.03 Å². The van der Waals surface area contributed by atoms with Crippen LogP contribution < -0.4 is 10.2 Å². The number of nitrogens with one attached hydrogen (secondary N) is 1. The molecule has 0 saturated carbocycles.